The van der Waals surface area contributed by atoms with Crippen molar-refractivity contribution >= 4 is 62.1 Å². The summed E-state index contributed by atoms with van der Waals surface area (Å²) in [5.74, 6) is -0.474. The minimum atomic E-state index is -3.96. The quantitative estimate of drug-likeness (QED) is 0.411. The molecule has 10 heteroatoms. The Morgan fingerprint density at radius 1 is 0.812 bits per heavy atom. The maximum atomic E-state index is 12.6. The van der Waals surface area contributed by atoms with Gasteiger partial charge in [0.2, 0.25) is 5.91 Å². The van der Waals surface area contributed by atoms with Crippen LogP contribution in [0.5, 0.6) is 0 Å². The minimum Gasteiger partial charge on any atom is -0.326 e. The van der Waals surface area contributed by atoms with Crippen molar-refractivity contribution in [2.24, 2.45) is 0 Å². The Labute approximate surface area is 195 Å². The Bertz CT molecular complexity index is 1250. The lowest BCUT2D eigenvalue weighted by molar-refractivity contribution is -0.115. The molecular formula is C22H19Cl2N3O4S. The number of halogens is 2. The maximum absolute atomic E-state index is 12.6. The standard InChI is InChI=1S/C22H19Cl2N3O4S/c1-2-21(28)25-16-8-10-17(11-9-16)26-22(29)14-3-6-18(7-4-14)27-32(30,31)20-13-15(23)5-12-19(20)24/h3-13,27H,2H2,1H3,(H,25,28)(H,26,29). The molecule has 0 radical (unpaired) electrons. The van der Waals surface area contributed by atoms with E-state index in [1.54, 1.807) is 31.2 Å². The van der Waals surface area contributed by atoms with Gasteiger partial charge in [0.15, 0.2) is 0 Å². The van der Waals surface area contributed by atoms with Crippen molar-refractivity contribution < 1.29 is 18.0 Å². The van der Waals surface area contributed by atoms with Crippen LogP contribution in [0.3, 0.4) is 0 Å². The van der Waals surface area contributed by atoms with E-state index in [-0.39, 0.29) is 32.4 Å². The van der Waals surface area contributed by atoms with Crippen LogP contribution in [0.1, 0.15) is 23.7 Å². The SMILES string of the molecule is CCC(=O)Nc1ccc(NC(=O)c2ccc(NS(=O)(=O)c3cc(Cl)ccc3Cl)cc2)cc1. The highest BCUT2D eigenvalue weighted by Gasteiger charge is 2.19. The van der Waals surface area contributed by atoms with Gasteiger partial charge < -0.3 is 10.6 Å². The minimum absolute atomic E-state index is 0.0400. The van der Waals surface area contributed by atoms with Crippen molar-refractivity contribution in [1.82, 2.24) is 0 Å². The number of carbonyl (C=O) groups excluding carboxylic acids is 2. The molecule has 0 atom stereocenters. The van der Waals surface area contributed by atoms with Gasteiger partial charge in [0, 0.05) is 34.1 Å². The largest absolute Gasteiger partial charge is 0.326 e. The Hall–Kier alpha value is -3.07. The number of carbonyl (C=O) groups is 2. The van der Waals surface area contributed by atoms with Gasteiger partial charge in [0.25, 0.3) is 15.9 Å². The molecule has 0 aliphatic rings. The van der Waals surface area contributed by atoms with Crippen molar-refractivity contribution in [2.75, 3.05) is 15.4 Å². The summed E-state index contributed by atoms with van der Waals surface area (Å²) in [4.78, 5) is 23.7. The van der Waals surface area contributed by atoms with E-state index in [9.17, 15) is 18.0 Å². The second-order valence-electron chi connectivity index (χ2n) is 6.69. The molecule has 2 amide bonds. The number of rotatable bonds is 7. The van der Waals surface area contributed by atoms with Gasteiger partial charge in [-0.2, -0.15) is 0 Å². The Balaban J connectivity index is 1.67. The highest BCUT2D eigenvalue weighted by atomic mass is 35.5. The molecule has 0 fully saturated rings. The average molecular weight is 492 g/mol. The Morgan fingerprint density at radius 2 is 1.38 bits per heavy atom. The first-order valence-electron chi connectivity index (χ1n) is 9.47. The summed E-state index contributed by atoms with van der Waals surface area (Å²) < 4.78 is 27.6. The second kappa shape index (κ2) is 10.0. The summed E-state index contributed by atoms with van der Waals surface area (Å²) in [5, 5.41) is 5.74. The predicted octanol–water partition coefficient (Wildman–Crippen LogP) is 5.40. The Kier molecular flexibility index (Phi) is 7.40. The van der Waals surface area contributed by atoms with E-state index >= 15 is 0 Å². The fraction of sp³-hybridized carbons (Fsp3) is 0.0909. The van der Waals surface area contributed by atoms with Crippen LogP contribution in [0.25, 0.3) is 0 Å². The zero-order valence-corrected chi connectivity index (χ0v) is 19.2. The first kappa shape index (κ1) is 23.6. The zero-order chi connectivity index (χ0) is 23.3. The topological polar surface area (TPSA) is 104 Å². The molecule has 32 heavy (non-hydrogen) atoms. The molecule has 0 aromatic heterocycles. The molecule has 3 N–H and O–H groups in total. The number of benzene rings is 3. The lowest BCUT2D eigenvalue weighted by Gasteiger charge is -2.11. The van der Waals surface area contributed by atoms with Crippen LogP contribution in [0.4, 0.5) is 17.1 Å². The highest BCUT2D eigenvalue weighted by molar-refractivity contribution is 7.92. The molecular weight excluding hydrogens is 473 g/mol. The highest BCUT2D eigenvalue weighted by Crippen LogP contribution is 2.27. The number of hydrogen-bond acceptors (Lipinski definition) is 4. The van der Waals surface area contributed by atoms with Crippen molar-refractivity contribution in [3.05, 3.63) is 82.3 Å². The maximum Gasteiger partial charge on any atom is 0.263 e. The smallest absolute Gasteiger partial charge is 0.263 e. The van der Waals surface area contributed by atoms with Crippen molar-refractivity contribution in [3.63, 3.8) is 0 Å². The van der Waals surface area contributed by atoms with Gasteiger partial charge in [-0.15, -0.1) is 0 Å². The van der Waals surface area contributed by atoms with Gasteiger partial charge in [0.1, 0.15) is 4.90 Å². The van der Waals surface area contributed by atoms with Crippen molar-refractivity contribution in [3.8, 4) is 0 Å². The molecule has 0 unspecified atom stereocenters. The van der Waals surface area contributed by atoms with Crippen molar-refractivity contribution in [1.29, 1.82) is 0 Å². The first-order valence-corrected chi connectivity index (χ1v) is 11.7. The average Bonchev–Trinajstić information content (AvgIpc) is 2.76. The summed E-state index contributed by atoms with van der Waals surface area (Å²) in [6.07, 6.45) is 0.372. The van der Waals surface area contributed by atoms with E-state index in [2.05, 4.69) is 15.4 Å². The normalized spacial score (nSPS) is 11.0. The van der Waals surface area contributed by atoms with E-state index in [4.69, 9.17) is 23.2 Å². The van der Waals surface area contributed by atoms with Crippen LogP contribution in [-0.2, 0) is 14.8 Å². The molecule has 0 bridgehead atoms. The number of anilines is 3. The third kappa shape index (κ3) is 6.00. The number of sulfonamides is 1. The summed E-state index contributed by atoms with van der Waals surface area (Å²) in [6, 6.07) is 16.8. The fourth-order valence-corrected chi connectivity index (χ4v) is 4.49. The summed E-state index contributed by atoms with van der Waals surface area (Å²) in [7, 11) is -3.96. The van der Waals surface area contributed by atoms with E-state index in [0.29, 0.717) is 23.4 Å². The molecule has 7 nitrogen and oxygen atoms in total. The van der Waals surface area contributed by atoms with Gasteiger partial charge >= 0.3 is 0 Å². The van der Waals surface area contributed by atoms with Gasteiger partial charge in [-0.3, -0.25) is 14.3 Å². The first-order chi connectivity index (χ1) is 15.2. The van der Waals surface area contributed by atoms with Crippen molar-refractivity contribution in [2.45, 2.75) is 18.2 Å². The van der Waals surface area contributed by atoms with Crippen LogP contribution in [0, 0.1) is 0 Å². The molecule has 0 aliphatic carbocycles. The second-order valence-corrected chi connectivity index (χ2v) is 9.19. The molecule has 0 saturated carbocycles. The van der Waals surface area contributed by atoms with E-state index in [0.717, 1.165) is 0 Å². The molecule has 0 heterocycles. The lowest BCUT2D eigenvalue weighted by Crippen LogP contribution is -2.15. The summed E-state index contributed by atoms with van der Waals surface area (Å²) >= 11 is 11.9. The third-order valence-corrected chi connectivity index (χ3v) is 6.43. The molecule has 166 valence electrons. The van der Waals surface area contributed by atoms with Crippen LogP contribution in [-0.4, -0.2) is 20.2 Å². The molecule has 0 aliphatic heterocycles. The fourth-order valence-electron chi connectivity index (χ4n) is 2.67. The van der Waals surface area contributed by atoms with E-state index < -0.39 is 10.0 Å². The lowest BCUT2D eigenvalue weighted by atomic mass is 10.2. The number of hydrogen-bond donors (Lipinski definition) is 3. The number of nitrogens with one attached hydrogen (secondary N) is 3. The molecule has 0 saturated heterocycles. The number of amides is 2. The van der Waals surface area contributed by atoms with Crippen LogP contribution in [0.2, 0.25) is 10.0 Å². The summed E-state index contributed by atoms with van der Waals surface area (Å²) in [5.41, 5.74) is 1.77. The van der Waals surface area contributed by atoms with Crippen LogP contribution in [0.15, 0.2) is 71.6 Å². The van der Waals surface area contributed by atoms with Gasteiger partial charge in [-0.1, -0.05) is 30.1 Å². The zero-order valence-electron chi connectivity index (χ0n) is 16.9. The molecule has 0 spiro atoms. The summed E-state index contributed by atoms with van der Waals surface area (Å²) in [6.45, 7) is 1.76. The monoisotopic (exact) mass is 491 g/mol. The van der Waals surface area contributed by atoms with Gasteiger partial charge in [-0.05, 0) is 66.7 Å². The third-order valence-electron chi connectivity index (χ3n) is 4.33. The molecule has 3 aromatic rings. The van der Waals surface area contributed by atoms with Gasteiger partial charge in [0.05, 0.1) is 5.02 Å². The Morgan fingerprint density at radius 3 is 1.97 bits per heavy atom. The van der Waals surface area contributed by atoms with Gasteiger partial charge in [-0.25, -0.2) is 8.42 Å². The van der Waals surface area contributed by atoms with Crippen LogP contribution < -0.4 is 15.4 Å². The van der Waals surface area contributed by atoms with E-state index in [1.165, 1.54) is 42.5 Å². The predicted molar refractivity (Wildman–Crippen MR) is 127 cm³/mol. The van der Waals surface area contributed by atoms with E-state index in [1.807, 2.05) is 0 Å². The van der Waals surface area contributed by atoms with Crippen LogP contribution >= 0.6 is 23.2 Å². The molecule has 3 rings (SSSR count). The molecule has 3 aromatic carbocycles.